The highest BCUT2D eigenvalue weighted by molar-refractivity contribution is 5.78. The summed E-state index contributed by atoms with van der Waals surface area (Å²) in [6, 6.07) is 16.5. The van der Waals surface area contributed by atoms with Crippen LogP contribution >= 0.6 is 0 Å². The van der Waals surface area contributed by atoms with Crippen LogP contribution in [0.5, 0.6) is 0 Å². The van der Waals surface area contributed by atoms with Crippen molar-refractivity contribution in [2.75, 3.05) is 0 Å². The topological polar surface area (TPSA) is 81.8 Å². The van der Waals surface area contributed by atoms with E-state index in [2.05, 4.69) is 15.3 Å². The lowest BCUT2D eigenvalue weighted by molar-refractivity contribution is -0.121. The number of imidazole rings is 1. The van der Waals surface area contributed by atoms with Crippen LogP contribution in [-0.4, -0.2) is 25.0 Å². The number of benzene rings is 2. The molecule has 0 radical (unpaired) electrons. The second-order valence-corrected chi connectivity index (χ2v) is 6.82. The number of carbonyl (C=O) groups excluding carboxylic acids is 1. The smallest absolute Gasteiger partial charge is 0.261 e. The summed E-state index contributed by atoms with van der Waals surface area (Å²) in [5.74, 6) is 0.580. The fourth-order valence-corrected chi connectivity index (χ4v) is 3.32. The monoisotopic (exact) mass is 387 g/mol. The van der Waals surface area contributed by atoms with Gasteiger partial charge in [0.05, 0.1) is 17.2 Å². The predicted molar refractivity (Wildman–Crippen MR) is 110 cm³/mol. The van der Waals surface area contributed by atoms with E-state index in [9.17, 15) is 9.59 Å². The molecule has 146 valence electrons. The number of aromatic nitrogens is 4. The fourth-order valence-electron chi connectivity index (χ4n) is 3.32. The Bertz CT molecular complexity index is 1200. The van der Waals surface area contributed by atoms with Crippen molar-refractivity contribution in [1.29, 1.82) is 0 Å². The number of nitrogens with one attached hydrogen (secondary N) is 1. The lowest BCUT2D eigenvalue weighted by Gasteiger charge is -2.19. The van der Waals surface area contributed by atoms with Gasteiger partial charge in [-0.1, -0.05) is 42.5 Å². The summed E-state index contributed by atoms with van der Waals surface area (Å²) in [5, 5.41) is 3.59. The van der Waals surface area contributed by atoms with Gasteiger partial charge in [0.15, 0.2) is 0 Å². The summed E-state index contributed by atoms with van der Waals surface area (Å²) in [6.45, 7) is 0.255. The van der Waals surface area contributed by atoms with Crippen molar-refractivity contribution < 1.29 is 4.79 Å². The third kappa shape index (κ3) is 3.94. The van der Waals surface area contributed by atoms with Gasteiger partial charge in [0.2, 0.25) is 5.91 Å². The van der Waals surface area contributed by atoms with Crippen LogP contribution in [0.25, 0.3) is 10.9 Å². The first-order chi connectivity index (χ1) is 14.1. The van der Waals surface area contributed by atoms with Crippen LogP contribution < -0.4 is 10.9 Å². The molecular weight excluding hydrogens is 366 g/mol. The number of nitrogens with zero attached hydrogens (tertiary/aromatic N) is 4. The van der Waals surface area contributed by atoms with Crippen LogP contribution in [0, 0.1) is 0 Å². The highest BCUT2D eigenvalue weighted by Crippen LogP contribution is 2.20. The second-order valence-electron chi connectivity index (χ2n) is 6.82. The summed E-state index contributed by atoms with van der Waals surface area (Å²) in [4.78, 5) is 34.0. The van der Waals surface area contributed by atoms with E-state index in [1.54, 1.807) is 24.4 Å². The number of carbonyl (C=O) groups is 1. The molecule has 4 aromatic rings. The van der Waals surface area contributed by atoms with Gasteiger partial charge < -0.3 is 9.88 Å². The molecule has 1 amide bonds. The van der Waals surface area contributed by atoms with Gasteiger partial charge >= 0.3 is 0 Å². The SMILES string of the molecule is Cn1ccnc1[C@@H](NC(=O)CCn1cnc2ccccc2c1=O)c1ccccc1. The predicted octanol–water partition coefficient (Wildman–Crippen LogP) is 2.43. The molecular formula is C22H21N5O2. The van der Waals surface area contributed by atoms with Gasteiger partial charge in [-0.05, 0) is 17.7 Å². The van der Waals surface area contributed by atoms with Crippen molar-refractivity contribution in [2.24, 2.45) is 7.05 Å². The molecule has 7 heteroatoms. The van der Waals surface area contributed by atoms with Gasteiger partial charge in [0, 0.05) is 32.4 Å². The molecule has 1 atom stereocenters. The van der Waals surface area contributed by atoms with E-state index in [4.69, 9.17) is 0 Å². The van der Waals surface area contributed by atoms with E-state index >= 15 is 0 Å². The Hall–Kier alpha value is -3.74. The lowest BCUT2D eigenvalue weighted by Crippen LogP contribution is -2.32. The van der Waals surface area contributed by atoms with Crippen molar-refractivity contribution in [3.05, 3.63) is 95.1 Å². The van der Waals surface area contributed by atoms with Gasteiger partial charge in [0.25, 0.3) is 5.56 Å². The Balaban J connectivity index is 1.51. The zero-order valence-corrected chi connectivity index (χ0v) is 16.0. The molecule has 0 spiro atoms. The largest absolute Gasteiger partial charge is 0.342 e. The zero-order valence-electron chi connectivity index (χ0n) is 16.0. The molecule has 0 fully saturated rings. The second kappa shape index (κ2) is 8.10. The first-order valence-corrected chi connectivity index (χ1v) is 9.39. The third-order valence-electron chi connectivity index (χ3n) is 4.87. The van der Waals surface area contributed by atoms with E-state index in [1.807, 2.05) is 54.2 Å². The molecule has 0 saturated heterocycles. The minimum absolute atomic E-state index is 0.146. The molecule has 0 saturated carbocycles. The minimum atomic E-state index is -0.366. The average Bonchev–Trinajstić information content (AvgIpc) is 3.18. The number of para-hydroxylation sites is 1. The van der Waals surface area contributed by atoms with Gasteiger partial charge in [-0.15, -0.1) is 0 Å². The maximum absolute atomic E-state index is 12.7. The summed E-state index contributed by atoms with van der Waals surface area (Å²) in [5.41, 5.74) is 1.45. The van der Waals surface area contributed by atoms with E-state index in [1.165, 1.54) is 10.9 Å². The van der Waals surface area contributed by atoms with Gasteiger partial charge in [-0.3, -0.25) is 14.2 Å². The highest BCUT2D eigenvalue weighted by atomic mass is 16.2. The Morgan fingerprint density at radius 2 is 1.83 bits per heavy atom. The quantitative estimate of drug-likeness (QED) is 0.551. The van der Waals surface area contributed by atoms with Crippen molar-refractivity contribution in [3.8, 4) is 0 Å². The Morgan fingerprint density at radius 1 is 1.07 bits per heavy atom. The summed E-state index contributed by atoms with van der Waals surface area (Å²) < 4.78 is 3.36. The van der Waals surface area contributed by atoms with E-state index < -0.39 is 0 Å². The summed E-state index contributed by atoms with van der Waals surface area (Å²) >= 11 is 0. The number of hydrogen-bond donors (Lipinski definition) is 1. The number of amides is 1. The molecule has 0 bridgehead atoms. The Labute approximate surface area is 167 Å². The number of rotatable bonds is 6. The summed E-state index contributed by atoms with van der Waals surface area (Å²) in [7, 11) is 1.89. The van der Waals surface area contributed by atoms with Crippen LogP contribution in [0.15, 0.2) is 78.1 Å². The highest BCUT2D eigenvalue weighted by Gasteiger charge is 2.20. The molecule has 0 unspecified atom stereocenters. The first kappa shape index (κ1) is 18.6. The van der Waals surface area contributed by atoms with Crippen molar-refractivity contribution in [3.63, 3.8) is 0 Å². The Kier molecular flexibility index (Phi) is 5.20. The molecule has 0 aliphatic carbocycles. The van der Waals surface area contributed by atoms with Crippen molar-refractivity contribution >= 4 is 16.8 Å². The lowest BCUT2D eigenvalue weighted by atomic mass is 10.1. The normalized spacial score (nSPS) is 12.0. The van der Waals surface area contributed by atoms with Crippen LogP contribution in [0.1, 0.15) is 23.9 Å². The molecule has 1 N–H and O–H groups in total. The molecule has 0 aliphatic heterocycles. The molecule has 4 rings (SSSR count). The number of fused-ring (bicyclic) bond motifs is 1. The zero-order chi connectivity index (χ0) is 20.2. The van der Waals surface area contributed by atoms with Crippen molar-refractivity contribution in [1.82, 2.24) is 24.4 Å². The van der Waals surface area contributed by atoms with E-state index in [0.717, 1.165) is 11.4 Å². The molecule has 2 heterocycles. The summed E-state index contributed by atoms with van der Waals surface area (Å²) in [6.07, 6.45) is 5.20. The third-order valence-corrected chi connectivity index (χ3v) is 4.87. The molecule has 2 aromatic carbocycles. The number of aryl methyl sites for hydroxylation is 2. The number of hydrogen-bond acceptors (Lipinski definition) is 4. The van der Waals surface area contributed by atoms with Gasteiger partial charge in [0.1, 0.15) is 11.9 Å². The van der Waals surface area contributed by atoms with Crippen LogP contribution in [0.3, 0.4) is 0 Å². The van der Waals surface area contributed by atoms with E-state index in [-0.39, 0.29) is 30.5 Å². The maximum atomic E-state index is 12.7. The average molecular weight is 387 g/mol. The standard InChI is InChI=1S/C22H21N5O2/c1-26-14-12-23-21(26)20(16-7-3-2-4-8-16)25-19(28)11-13-27-15-24-18-10-6-5-9-17(18)22(27)29/h2-10,12,14-15,20H,11,13H2,1H3,(H,25,28)/t20-/m0/s1. The fraction of sp³-hybridized carbons (Fsp3) is 0.182. The molecule has 29 heavy (non-hydrogen) atoms. The van der Waals surface area contributed by atoms with E-state index in [0.29, 0.717) is 10.9 Å². The first-order valence-electron chi connectivity index (χ1n) is 9.39. The van der Waals surface area contributed by atoms with Gasteiger partial charge in [-0.25, -0.2) is 9.97 Å². The van der Waals surface area contributed by atoms with Crippen LogP contribution in [0.4, 0.5) is 0 Å². The Morgan fingerprint density at radius 3 is 2.59 bits per heavy atom. The maximum Gasteiger partial charge on any atom is 0.261 e. The minimum Gasteiger partial charge on any atom is -0.342 e. The van der Waals surface area contributed by atoms with Crippen molar-refractivity contribution in [2.45, 2.75) is 19.0 Å². The molecule has 7 nitrogen and oxygen atoms in total. The van der Waals surface area contributed by atoms with Crippen LogP contribution in [0.2, 0.25) is 0 Å². The van der Waals surface area contributed by atoms with Crippen LogP contribution in [-0.2, 0) is 18.4 Å². The van der Waals surface area contributed by atoms with Gasteiger partial charge in [-0.2, -0.15) is 0 Å². The molecule has 2 aromatic heterocycles. The molecule has 0 aliphatic rings.